The first-order chi connectivity index (χ1) is 17.0. The fourth-order valence-electron chi connectivity index (χ4n) is 5.73. The minimum absolute atomic E-state index is 0.395. The highest BCUT2D eigenvalue weighted by atomic mass is 15.3. The molecular formula is C29H32N6. The zero-order valence-corrected chi connectivity index (χ0v) is 20.9. The van der Waals surface area contributed by atoms with Gasteiger partial charge in [-0.3, -0.25) is 0 Å². The molecule has 6 heteroatoms. The number of piperidine rings is 1. The number of aromatic amines is 1. The van der Waals surface area contributed by atoms with Crippen molar-refractivity contribution in [1.82, 2.24) is 24.6 Å². The van der Waals surface area contributed by atoms with Crippen LogP contribution in [0.15, 0.2) is 55.1 Å². The Morgan fingerprint density at radius 1 is 1.00 bits per heavy atom. The number of nitrogens with one attached hydrogen (secondary N) is 1. The Morgan fingerprint density at radius 2 is 1.83 bits per heavy atom. The van der Waals surface area contributed by atoms with E-state index in [1.807, 2.05) is 16.8 Å². The van der Waals surface area contributed by atoms with Crippen LogP contribution >= 0.6 is 0 Å². The lowest BCUT2D eigenvalue weighted by Gasteiger charge is -2.33. The second-order valence-electron chi connectivity index (χ2n) is 10.1. The molecule has 0 saturated carbocycles. The van der Waals surface area contributed by atoms with Gasteiger partial charge in [-0.1, -0.05) is 26.0 Å². The number of anilines is 1. The van der Waals surface area contributed by atoms with Crippen molar-refractivity contribution in [2.24, 2.45) is 0 Å². The molecular weight excluding hydrogens is 432 g/mol. The summed E-state index contributed by atoms with van der Waals surface area (Å²) in [5.41, 5.74) is 9.79. The van der Waals surface area contributed by atoms with Crippen LogP contribution in [-0.4, -0.2) is 37.7 Å². The van der Waals surface area contributed by atoms with Gasteiger partial charge in [0.2, 0.25) is 0 Å². The minimum Gasteiger partial charge on any atom is -0.357 e. The Labute approximate surface area is 206 Å². The molecule has 178 valence electrons. The van der Waals surface area contributed by atoms with Crippen LogP contribution in [0.4, 0.5) is 5.82 Å². The van der Waals surface area contributed by atoms with Crippen LogP contribution < -0.4 is 4.90 Å². The molecule has 1 fully saturated rings. The zero-order valence-electron chi connectivity index (χ0n) is 20.9. The van der Waals surface area contributed by atoms with Gasteiger partial charge in [-0.05, 0) is 85.0 Å². The summed E-state index contributed by atoms with van der Waals surface area (Å²) in [4.78, 5) is 15.2. The van der Waals surface area contributed by atoms with Crippen LogP contribution in [0, 0.1) is 13.8 Å². The molecule has 0 aliphatic carbocycles. The molecule has 1 aromatic carbocycles. The Balaban J connectivity index is 1.37. The number of H-pyrrole nitrogens is 1. The molecule has 4 aromatic heterocycles. The molecule has 5 heterocycles. The van der Waals surface area contributed by atoms with Gasteiger partial charge in [0, 0.05) is 41.9 Å². The van der Waals surface area contributed by atoms with Crippen molar-refractivity contribution in [2.75, 3.05) is 18.0 Å². The molecule has 5 aromatic rings. The standard InChI is InChI=1S/C29H32N6/c1-18(2)27-23-15-22(21-10-13-34(14-11-21)26-7-5-6-12-30-26)8-9-25(23)33-28(27)24-16-35-29(31-17-32-35)20(4)19(24)3/h5-9,12,15-18,21,33H,10-11,13-14H2,1-4H3. The Hall–Kier alpha value is -3.67. The number of aryl methyl sites for hydroxylation is 1. The number of aromatic nitrogens is 5. The summed E-state index contributed by atoms with van der Waals surface area (Å²) in [5, 5.41) is 5.76. The van der Waals surface area contributed by atoms with E-state index in [0.29, 0.717) is 11.8 Å². The summed E-state index contributed by atoms with van der Waals surface area (Å²) < 4.78 is 1.90. The maximum absolute atomic E-state index is 4.54. The van der Waals surface area contributed by atoms with E-state index in [1.54, 1.807) is 6.33 Å². The molecule has 6 nitrogen and oxygen atoms in total. The quantitative estimate of drug-likeness (QED) is 0.334. The van der Waals surface area contributed by atoms with Crippen LogP contribution in [0.2, 0.25) is 0 Å². The number of fused-ring (bicyclic) bond motifs is 2. The minimum atomic E-state index is 0.395. The first kappa shape index (κ1) is 21.8. The Morgan fingerprint density at radius 3 is 2.57 bits per heavy atom. The molecule has 6 rings (SSSR count). The van der Waals surface area contributed by atoms with E-state index in [2.05, 4.69) is 89.2 Å². The Kier molecular flexibility index (Phi) is 5.32. The molecule has 0 bridgehead atoms. The van der Waals surface area contributed by atoms with E-state index in [1.165, 1.54) is 44.4 Å². The summed E-state index contributed by atoms with van der Waals surface area (Å²) in [7, 11) is 0. The van der Waals surface area contributed by atoms with Gasteiger partial charge in [-0.2, -0.15) is 5.10 Å². The van der Waals surface area contributed by atoms with Crippen molar-refractivity contribution < 1.29 is 0 Å². The summed E-state index contributed by atoms with van der Waals surface area (Å²) in [6, 6.07) is 13.2. The first-order valence-corrected chi connectivity index (χ1v) is 12.6. The smallest absolute Gasteiger partial charge is 0.158 e. The maximum atomic E-state index is 4.54. The van der Waals surface area contributed by atoms with Crippen LogP contribution in [0.5, 0.6) is 0 Å². The summed E-state index contributed by atoms with van der Waals surface area (Å²) in [6.45, 7) is 11.0. The third-order valence-corrected chi connectivity index (χ3v) is 7.78. The SMILES string of the molecule is Cc1c(-c2[nH]c3ccc(C4CCN(c5ccccn5)CC4)cc3c2C(C)C)cn2ncnc2c1C. The lowest BCUT2D eigenvalue weighted by atomic mass is 9.87. The van der Waals surface area contributed by atoms with Gasteiger partial charge in [0.15, 0.2) is 5.65 Å². The predicted molar refractivity (Wildman–Crippen MR) is 142 cm³/mol. The highest BCUT2D eigenvalue weighted by Gasteiger charge is 2.24. The third kappa shape index (κ3) is 3.68. The van der Waals surface area contributed by atoms with Crippen molar-refractivity contribution in [3.05, 3.63) is 77.4 Å². The average molecular weight is 465 g/mol. The van der Waals surface area contributed by atoms with Crippen LogP contribution in [0.1, 0.15) is 60.8 Å². The number of pyridine rings is 2. The molecule has 0 amide bonds. The third-order valence-electron chi connectivity index (χ3n) is 7.78. The van der Waals surface area contributed by atoms with Crippen LogP contribution in [0.3, 0.4) is 0 Å². The van der Waals surface area contributed by atoms with Crippen molar-refractivity contribution in [3.63, 3.8) is 0 Å². The van der Waals surface area contributed by atoms with Gasteiger partial charge in [0.1, 0.15) is 12.1 Å². The van der Waals surface area contributed by atoms with E-state index < -0.39 is 0 Å². The summed E-state index contributed by atoms with van der Waals surface area (Å²) >= 11 is 0. The predicted octanol–water partition coefficient (Wildman–Crippen LogP) is 6.40. The fourth-order valence-corrected chi connectivity index (χ4v) is 5.73. The number of nitrogens with zero attached hydrogens (tertiary/aromatic N) is 5. The van der Waals surface area contributed by atoms with E-state index in [4.69, 9.17) is 0 Å². The molecule has 1 aliphatic heterocycles. The molecule has 1 saturated heterocycles. The second-order valence-corrected chi connectivity index (χ2v) is 10.1. The van der Waals surface area contributed by atoms with E-state index >= 15 is 0 Å². The Bertz CT molecular complexity index is 1500. The van der Waals surface area contributed by atoms with E-state index in [0.717, 1.165) is 37.4 Å². The van der Waals surface area contributed by atoms with Crippen molar-refractivity contribution >= 4 is 22.4 Å². The molecule has 0 radical (unpaired) electrons. The normalized spacial score (nSPS) is 15.1. The second kappa shape index (κ2) is 8.52. The lowest BCUT2D eigenvalue weighted by Crippen LogP contribution is -2.33. The molecule has 1 N–H and O–H groups in total. The van der Waals surface area contributed by atoms with Crippen molar-refractivity contribution in [3.8, 4) is 11.3 Å². The van der Waals surface area contributed by atoms with E-state index in [9.17, 15) is 0 Å². The lowest BCUT2D eigenvalue weighted by molar-refractivity contribution is 0.503. The van der Waals surface area contributed by atoms with Gasteiger partial charge < -0.3 is 9.88 Å². The average Bonchev–Trinajstić information content (AvgIpc) is 3.51. The summed E-state index contributed by atoms with van der Waals surface area (Å²) in [5.74, 6) is 2.06. The van der Waals surface area contributed by atoms with Crippen molar-refractivity contribution in [2.45, 2.75) is 52.4 Å². The van der Waals surface area contributed by atoms with Gasteiger partial charge in [-0.15, -0.1) is 0 Å². The highest BCUT2D eigenvalue weighted by Crippen LogP contribution is 2.40. The van der Waals surface area contributed by atoms with E-state index in [-0.39, 0.29) is 0 Å². The van der Waals surface area contributed by atoms with Gasteiger partial charge >= 0.3 is 0 Å². The molecule has 0 unspecified atom stereocenters. The molecule has 35 heavy (non-hydrogen) atoms. The molecule has 1 aliphatic rings. The number of hydrogen-bond donors (Lipinski definition) is 1. The topological polar surface area (TPSA) is 62.1 Å². The van der Waals surface area contributed by atoms with Gasteiger partial charge in [-0.25, -0.2) is 14.5 Å². The molecule has 0 spiro atoms. The van der Waals surface area contributed by atoms with Gasteiger partial charge in [0.05, 0.1) is 5.69 Å². The highest BCUT2D eigenvalue weighted by molar-refractivity contribution is 5.92. The van der Waals surface area contributed by atoms with Crippen LogP contribution in [-0.2, 0) is 0 Å². The number of hydrogen-bond acceptors (Lipinski definition) is 4. The monoisotopic (exact) mass is 464 g/mol. The summed E-state index contributed by atoms with van der Waals surface area (Å²) in [6.07, 6.45) is 7.94. The molecule has 0 atom stereocenters. The van der Waals surface area contributed by atoms with Crippen LogP contribution in [0.25, 0.3) is 27.8 Å². The van der Waals surface area contributed by atoms with Crippen molar-refractivity contribution in [1.29, 1.82) is 0 Å². The fraction of sp³-hybridized carbons (Fsp3) is 0.345. The maximum Gasteiger partial charge on any atom is 0.158 e. The number of rotatable bonds is 4. The number of benzene rings is 1. The zero-order chi connectivity index (χ0) is 24.1. The van der Waals surface area contributed by atoms with Gasteiger partial charge in [0.25, 0.3) is 0 Å². The largest absolute Gasteiger partial charge is 0.357 e. The first-order valence-electron chi connectivity index (χ1n) is 12.6.